The molecule has 0 spiro atoms. The van der Waals surface area contributed by atoms with E-state index in [9.17, 15) is 4.79 Å². The van der Waals surface area contributed by atoms with Gasteiger partial charge < -0.3 is 9.88 Å². The second kappa shape index (κ2) is 4.96. The molecule has 0 saturated heterocycles. The maximum atomic E-state index is 11.5. The summed E-state index contributed by atoms with van der Waals surface area (Å²) in [4.78, 5) is 15.4. The Hall–Kier alpha value is -1.32. The molecule has 2 rings (SSSR count). The Morgan fingerprint density at radius 2 is 2.40 bits per heavy atom. The van der Waals surface area contributed by atoms with E-state index < -0.39 is 0 Å². The summed E-state index contributed by atoms with van der Waals surface area (Å²) in [7, 11) is 0. The largest absolute Gasteiger partial charge is 0.356 e. The second-order valence-corrected chi connectivity index (χ2v) is 4.07. The number of imidazole rings is 1. The van der Waals surface area contributed by atoms with Crippen molar-refractivity contribution in [3.63, 3.8) is 0 Å². The average Bonchev–Trinajstić information content (AvgIpc) is 2.62. The van der Waals surface area contributed by atoms with Crippen molar-refractivity contribution in [1.82, 2.24) is 14.9 Å². The van der Waals surface area contributed by atoms with Gasteiger partial charge in [0.05, 0.1) is 6.33 Å². The maximum absolute atomic E-state index is 11.5. The Morgan fingerprint density at radius 1 is 1.53 bits per heavy atom. The van der Waals surface area contributed by atoms with Crippen LogP contribution in [0.1, 0.15) is 25.7 Å². The number of carbonyl (C=O) groups is 1. The van der Waals surface area contributed by atoms with Crippen molar-refractivity contribution in [2.45, 2.75) is 32.2 Å². The van der Waals surface area contributed by atoms with E-state index in [1.54, 1.807) is 12.5 Å². The molecule has 0 radical (unpaired) electrons. The third kappa shape index (κ3) is 2.81. The van der Waals surface area contributed by atoms with Gasteiger partial charge in [0.1, 0.15) is 0 Å². The Kier molecular flexibility index (Phi) is 3.37. The highest BCUT2D eigenvalue weighted by Crippen LogP contribution is 2.25. The highest BCUT2D eigenvalue weighted by atomic mass is 16.1. The van der Waals surface area contributed by atoms with Crippen molar-refractivity contribution in [2.24, 2.45) is 5.92 Å². The molecule has 0 atom stereocenters. The lowest BCUT2D eigenvalue weighted by molar-refractivity contribution is -0.127. The lowest BCUT2D eigenvalue weighted by Crippen LogP contribution is -2.35. The smallest absolute Gasteiger partial charge is 0.223 e. The first-order valence-corrected chi connectivity index (χ1v) is 5.60. The zero-order valence-electron chi connectivity index (χ0n) is 8.85. The number of amides is 1. The SMILES string of the molecule is O=C(NCCCn1ccnc1)C1CCC1. The van der Waals surface area contributed by atoms with Gasteiger partial charge in [0.2, 0.25) is 5.91 Å². The van der Waals surface area contributed by atoms with E-state index in [1.165, 1.54) is 6.42 Å². The molecule has 1 saturated carbocycles. The van der Waals surface area contributed by atoms with Crippen LogP contribution < -0.4 is 5.32 Å². The monoisotopic (exact) mass is 207 g/mol. The Bertz CT molecular complexity index is 304. The van der Waals surface area contributed by atoms with Gasteiger partial charge >= 0.3 is 0 Å². The predicted molar refractivity (Wildman–Crippen MR) is 57.2 cm³/mol. The standard InChI is InChI=1S/C11H17N3O/c15-11(10-3-1-4-10)13-5-2-7-14-8-6-12-9-14/h6,8-10H,1-5,7H2,(H,13,15). The van der Waals surface area contributed by atoms with Gasteiger partial charge in [0.25, 0.3) is 0 Å². The minimum Gasteiger partial charge on any atom is -0.356 e. The van der Waals surface area contributed by atoms with E-state index in [-0.39, 0.29) is 5.91 Å². The molecule has 0 aliphatic heterocycles. The molecule has 1 amide bonds. The molecule has 1 aliphatic carbocycles. The van der Waals surface area contributed by atoms with E-state index in [0.29, 0.717) is 5.92 Å². The van der Waals surface area contributed by atoms with Crippen LogP contribution in [0.5, 0.6) is 0 Å². The summed E-state index contributed by atoms with van der Waals surface area (Å²) in [5, 5.41) is 2.97. The van der Waals surface area contributed by atoms with E-state index in [4.69, 9.17) is 0 Å². The summed E-state index contributed by atoms with van der Waals surface area (Å²) >= 11 is 0. The molecule has 4 heteroatoms. The number of rotatable bonds is 5. The molecule has 15 heavy (non-hydrogen) atoms. The normalized spacial score (nSPS) is 16.0. The molecule has 1 aliphatic rings. The summed E-state index contributed by atoms with van der Waals surface area (Å²) in [5.41, 5.74) is 0. The van der Waals surface area contributed by atoms with Gasteiger partial charge in [-0.15, -0.1) is 0 Å². The van der Waals surface area contributed by atoms with Crippen molar-refractivity contribution in [3.8, 4) is 0 Å². The summed E-state index contributed by atoms with van der Waals surface area (Å²) in [6.45, 7) is 1.69. The third-order valence-electron chi connectivity index (χ3n) is 2.93. The fraction of sp³-hybridized carbons (Fsp3) is 0.636. The van der Waals surface area contributed by atoms with Crippen LogP contribution in [0.4, 0.5) is 0 Å². The molecule has 0 bridgehead atoms. The summed E-state index contributed by atoms with van der Waals surface area (Å²) in [6.07, 6.45) is 9.84. The maximum Gasteiger partial charge on any atom is 0.223 e. The first-order valence-electron chi connectivity index (χ1n) is 5.60. The van der Waals surface area contributed by atoms with E-state index in [1.807, 2.05) is 10.8 Å². The quantitative estimate of drug-likeness (QED) is 0.737. The zero-order valence-corrected chi connectivity index (χ0v) is 8.85. The number of aryl methyl sites for hydroxylation is 1. The number of carbonyl (C=O) groups excluding carboxylic acids is 1. The molecule has 82 valence electrons. The van der Waals surface area contributed by atoms with Crippen LogP contribution in [0.15, 0.2) is 18.7 Å². The first-order chi connectivity index (χ1) is 7.36. The lowest BCUT2D eigenvalue weighted by atomic mass is 9.85. The number of aromatic nitrogens is 2. The molecular formula is C11H17N3O. The van der Waals surface area contributed by atoms with Gasteiger partial charge in [-0.25, -0.2) is 4.98 Å². The Morgan fingerprint density at radius 3 is 3.00 bits per heavy atom. The van der Waals surface area contributed by atoms with E-state index in [0.717, 1.165) is 32.4 Å². The number of hydrogen-bond acceptors (Lipinski definition) is 2. The number of nitrogens with zero attached hydrogens (tertiary/aromatic N) is 2. The highest BCUT2D eigenvalue weighted by molar-refractivity contribution is 5.79. The molecule has 1 fully saturated rings. The van der Waals surface area contributed by atoms with Crippen molar-refractivity contribution in [1.29, 1.82) is 0 Å². The van der Waals surface area contributed by atoms with Crippen LogP contribution in [0.2, 0.25) is 0 Å². The Balaban J connectivity index is 1.56. The van der Waals surface area contributed by atoms with Crippen LogP contribution in [-0.2, 0) is 11.3 Å². The topological polar surface area (TPSA) is 46.9 Å². The molecule has 1 heterocycles. The third-order valence-corrected chi connectivity index (χ3v) is 2.93. The van der Waals surface area contributed by atoms with Crippen molar-refractivity contribution >= 4 is 5.91 Å². The number of hydrogen-bond donors (Lipinski definition) is 1. The van der Waals surface area contributed by atoms with E-state index in [2.05, 4.69) is 10.3 Å². The van der Waals surface area contributed by atoms with Gasteiger partial charge in [0.15, 0.2) is 0 Å². The first kappa shape index (κ1) is 10.2. The molecule has 4 nitrogen and oxygen atoms in total. The van der Waals surface area contributed by atoms with Crippen LogP contribution in [-0.4, -0.2) is 22.0 Å². The lowest BCUT2D eigenvalue weighted by Gasteiger charge is -2.23. The van der Waals surface area contributed by atoms with Crippen LogP contribution in [0.25, 0.3) is 0 Å². The van der Waals surface area contributed by atoms with Crippen molar-refractivity contribution in [3.05, 3.63) is 18.7 Å². The van der Waals surface area contributed by atoms with Crippen LogP contribution in [0, 0.1) is 5.92 Å². The minimum atomic E-state index is 0.242. The van der Waals surface area contributed by atoms with Gasteiger partial charge in [-0.05, 0) is 19.3 Å². The van der Waals surface area contributed by atoms with Gasteiger partial charge in [0, 0.05) is 31.4 Å². The summed E-state index contributed by atoms with van der Waals surface area (Å²) in [6, 6.07) is 0. The molecule has 0 aromatic carbocycles. The molecule has 1 aromatic heterocycles. The highest BCUT2D eigenvalue weighted by Gasteiger charge is 2.24. The molecule has 1 aromatic rings. The fourth-order valence-electron chi connectivity index (χ4n) is 1.71. The molecule has 1 N–H and O–H groups in total. The van der Waals surface area contributed by atoms with E-state index >= 15 is 0 Å². The van der Waals surface area contributed by atoms with Crippen LogP contribution in [0.3, 0.4) is 0 Å². The van der Waals surface area contributed by atoms with Gasteiger partial charge in [-0.1, -0.05) is 6.42 Å². The van der Waals surface area contributed by atoms with Gasteiger partial charge in [-0.3, -0.25) is 4.79 Å². The van der Waals surface area contributed by atoms with Crippen molar-refractivity contribution in [2.75, 3.05) is 6.54 Å². The predicted octanol–water partition coefficient (Wildman–Crippen LogP) is 1.19. The summed E-state index contributed by atoms with van der Waals surface area (Å²) < 4.78 is 2.02. The Labute approximate surface area is 89.7 Å². The zero-order chi connectivity index (χ0) is 10.5. The molecule has 0 unspecified atom stereocenters. The van der Waals surface area contributed by atoms with Crippen LogP contribution >= 0.6 is 0 Å². The summed E-state index contributed by atoms with van der Waals surface area (Å²) in [5.74, 6) is 0.546. The molecular weight excluding hydrogens is 190 g/mol. The average molecular weight is 207 g/mol. The van der Waals surface area contributed by atoms with Crippen molar-refractivity contribution < 1.29 is 4.79 Å². The number of nitrogens with one attached hydrogen (secondary N) is 1. The fourth-order valence-corrected chi connectivity index (χ4v) is 1.71. The van der Waals surface area contributed by atoms with Gasteiger partial charge in [-0.2, -0.15) is 0 Å². The minimum absolute atomic E-state index is 0.242. The second-order valence-electron chi connectivity index (χ2n) is 4.07.